The minimum atomic E-state index is 0.492. The van der Waals surface area contributed by atoms with Crippen LogP contribution in [0.25, 0.3) is 11.5 Å². The standard InChI is InChI=1S/C9H8ClN3/c10-5-7-1-2-8(13-6-7)9-11-3-4-12-9/h1-4,6H,5H2,(H,11,12). The van der Waals surface area contributed by atoms with Gasteiger partial charge in [-0.15, -0.1) is 11.6 Å². The van der Waals surface area contributed by atoms with Crippen LogP contribution in [0.1, 0.15) is 5.56 Å². The smallest absolute Gasteiger partial charge is 0.155 e. The van der Waals surface area contributed by atoms with E-state index in [9.17, 15) is 0 Å². The fourth-order valence-corrected chi connectivity index (χ4v) is 1.21. The molecule has 0 bridgehead atoms. The van der Waals surface area contributed by atoms with E-state index in [2.05, 4.69) is 15.0 Å². The molecule has 2 aromatic heterocycles. The third kappa shape index (κ3) is 1.70. The van der Waals surface area contributed by atoms with Crippen LogP contribution < -0.4 is 0 Å². The van der Waals surface area contributed by atoms with Crippen molar-refractivity contribution in [3.8, 4) is 11.5 Å². The van der Waals surface area contributed by atoms with E-state index in [-0.39, 0.29) is 0 Å². The third-order valence-electron chi connectivity index (χ3n) is 1.72. The quantitative estimate of drug-likeness (QED) is 0.743. The highest BCUT2D eigenvalue weighted by Gasteiger charge is 1.99. The highest BCUT2D eigenvalue weighted by Crippen LogP contribution is 2.11. The van der Waals surface area contributed by atoms with Gasteiger partial charge in [-0.3, -0.25) is 4.98 Å². The molecule has 3 nitrogen and oxygen atoms in total. The van der Waals surface area contributed by atoms with Gasteiger partial charge < -0.3 is 4.98 Å². The first kappa shape index (κ1) is 8.26. The topological polar surface area (TPSA) is 41.6 Å². The van der Waals surface area contributed by atoms with Crippen molar-refractivity contribution in [2.75, 3.05) is 0 Å². The fraction of sp³-hybridized carbons (Fsp3) is 0.111. The van der Waals surface area contributed by atoms with Crippen LogP contribution in [-0.2, 0) is 5.88 Å². The largest absolute Gasteiger partial charge is 0.343 e. The zero-order chi connectivity index (χ0) is 9.10. The Labute approximate surface area is 80.8 Å². The lowest BCUT2D eigenvalue weighted by Crippen LogP contribution is -1.86. The van der Waals surface area contributed by atoms with Crippen molar-refractivity contribution in [1.29, 1.82) is 0 Å². The average molecular weight is 194 g/mol. The van der Waals surface area contributed by atoms with Crippen molar-refractivity contribution in [2.45, 2.75) is 5.88 Å². The maximum absolute atomic E-state index is 5.64. The molecule has 0 aliphatic carbocycles. The van der Waals surface area contributed by atoms with Crippen molar-refractivity contribution >= 4 is 11.6 Å². The fourth-order valence-electron chi connectivity index (χ4n) is 1.05. The molecule has 0 aliphatic rings. The van der Waals surface area contributed by atoms with Gasteiger partial charge in [-0.2, -0.15) is 0 Å². The van der Waals surface area contributed by atoms with E-state index in [4.69, 9.17) is 11.6 Å². The molecule has 0 saturated carbocycles. The van der Waals surface area contributed by atoms with Gasteiger partial charge in [-0.25, -0.2) is 4.98 Å². The number of nitrogens with zero attached hydrogens (tertiary/aromatic N) is 2. The van der Waals surface area contributed by atoms with Crippen molar-refractivity contribution in [1.82, 2.24) is 15.0 Å². The number of imidazole rings is 1. The molecule has 0 unspecified atom stereocenters. The summed E-state index contributed by atoms with van der Waals surface area (Å²) in [5, 5.41) is 0. The Kier molecular flexibility index (Phi) is 2.27. The minimum Gasteiger partial charge on any atom is -0.343 e. The highest BCUT2D eigenvalue weighted by molar-refractivity contribution is 6.17. The summed E-state index contributed by atoms with van der Waals surface area (Å²) in [7, 11) is 0. The molecule has 1 N–H and O–H groups in total. The molecule has 0 aliphatic heterocycles. The van der Waals surface area contributed by atoms with Gasteiger partial charge in [0.1, 0.15) is 5.69 Å². The molecule has 13 heavy (non-hydrogen) atoms. The molecule has 0 radical (unpaired) electrons. The van der Waals surface area contributed by atoms with Crippen molar-refractivity contribution in [3.05, 3.63) is 36.3 Å². The second-order valence-corrected chi connectivity index (χ2v) is 2.89. The van der Waals surface area contributed by atoms with Crippen molar-refractivity contribution < 1.29 is 0 Å². The number of rotatable bonds is 2. The number of halogens is 1. The molecule has 2 aromatic rings. The van der Waals surface area contributed by atoms with Gasteiger partial charge in [0.15, 0.2) is 5.82 Å². The van der Waals surface area contributed by atoms with Crippen LogP contribution in [0.4, 0.5) is 0 Å². The molecule has 0 atom stereocenters. The number of aromatic amines is 1. The maximum atomic E-state index is 5.64. The van der Waals surface area contributed by atoms with Gasteiger partial charge in [0.2, 0.25) is 0 Å². The molecule has 4 heteroatoms. The van der Waals surface area contributed by atoms with E-state index in [0.29, 0.717) is 5.88 Å². The summed E-state index contributed by atoms with van der Waals surface area (Å²) in [5.41, 5.74) is 1.84. The SMILES string of the molecule is ClCc1ccc(-c2ncc[nH]2)nc1. The molecule has 2 rings (SSSR count). The average Bonchev–Trinajstić information content (AvgIpc) is 2.71. The number of hydrogen-bond donors (Lipinski definition) is 1. The van der Waals surface area contributed by atoms with E-state index in [1.807, 2.05) is 12.1 Å². The lowest BCUT2D eigenvalue weighted by atomic mass is 10.3. The number of aromatic nitrogens is 3. The van der Waals surface area contributed by atoms with Crippen molar-refractivity contribution in [3.63, 3.8) is 0 Å². The van der Waals surface area contributed by atoms with E-state index in [1.54, 1.807) is 18.6 Å². The zero-order valence-corrected chi connectivity index (χ0v) is 7.62. The minimum absolute atomic E-state index is 0.492. The lowest BCUT2D eigenvalue weighted by Gasteiger charge is -1.96. The molecule has 2 heterocycles. The van der Waals surface area contributed by atoms with Gasteiger partial charge in [-0.05, 0) is 11.6 Å². The highest BCUT2D eigenvalue weighted by atomic mass is 35.5. The van der Waals surface area contributed by atoms with E-state index in [0.717, 1.165) is 17.1 Å². The van der Waals surface area contributed by atoms with Crippen LogP contribution in [0.5, 0.6) is 0 Å². The summed E-state index contributed by atoms with van der Waals surface area (Å²) in [4.78, 5) is 11.3. The number of nitrogens with one attached hydrogen (secondary N) is 1. The summed E-state index contributed by atoms with van der Waals surface area (Å²) >= 11 is 5.64. The van der Waals surface area contributed by atoms with Gasteiger partial charge >= 0.3 is 0 Å². The monoisotopic (exact) mass is 193 g/mol. The summed E-state index contributed by atoms with van der Waals surface area (Å²) in [6, 6.07) is 3.84. The first-order valence-corrected chi connectivity index (χ1v) is 4.44. The summed E-state index contributed by atoms with van der Waals surface area (Å²) in [6.45, 7) is 0. The third-order valence-corrected chi connectivity index (χ3v) is 2.03. The zero-order valence-electron chi connectivity index (χ0n) is 6.87. The van der Waals surface area contributed by atoms with Gasteiger partial charge in [0.25, 0.3) is 0 Å². The van der Waals surface area contributed by atoms with Crippen LogP contribution in [0.3, 0.4) is 0 Å². The second kappa shape index (κ2) is 3.58. The summed E-state index contributed by atoms with van der Waals surface area (Å²) in [5.74, 6) is 1.27. The Hall–Kier alpha value is -1.35. The Bertz CT molecular complexity index is 366. The molecule has 0 fully saturated rings. The Morgan fingerprint density at radius 1 is 1.31 bits per heavy atom. The number of pyridine rings is 1. The van der Waals surface area contributed by atoms with Crippen LogP contribution in [-0.4, -0.2) is 15.0 Å². The molecule has 0 spiro atoms. The second-order valence-electron chi connectivity index (χ2n) is 2.62. The molecular weight excluding hydrogens is 186 g/mol. The van der Waals surface area contributed by atoms with Crippen LogP contribution in [0.2, 0.25) is 0 Å². The Morgan fingerprint density at radius 2 is 2.23 bits per heavy atom. The lowest BCUT2D eigenvalue weighted by molar-refractivity contribution is 1.19. The molecule has 0 aromatic carbocycles. The molecular formula is C9H8ClN3. The Morgan fingerprint density at radius 3 is 2.77 bits per heavy atom. The van der Waals surface area contributed by atoms with Gasteiger partial charge in [-0.1, -0.05) is 6.07 Å². The number of H-pyrrole nitrogens is 1. The van der Waals surface area contributed by atoms with E-state index in [1.165, 1.54) is 0 Å². The predicted octanol–water partition coefficient (Wildman–Crippen LogP) is 2.21. The van der Waals surface area contributed by atoms with Crippen molar-refractivity contribution in [2.24, 2.45) is 0 Å². The summed E-state index contributed by atoms with van der Waals surface area (Å²) < 4.78 is 0. The van der Waals surface area contributed by atoms with E-state index >= 15 is 0 Å². The predicted molar refractivity (Wildman–Crippen MR) is 51.4 cm³/mol. The normalized spacial score (nSPS) is 10.2. The van der Waals surface area contributed by atoms with Crippen LogP contribution in [0, 0.1) is 0 Å². The Balaban J connectivity index is 2.33. The number of alkyl halides is 1. The van der Waals surface area contributed by atoms with E-state index < -0.39 is 0 Å². The van der Waals surface area contributed by atoms with Crippen LogP contribution in [0.15, 0.2) is 30.7 Å². The molecule has 66 valence electrons. The number of hydrogen-bond acceptors (Lipinski definition) is 2. The van der Waals surface area contributed by atoms with Gasteiger partial charge in [0, 0.05) is 24.5 Å². The first-order chi connectivity index (χ1) is 6.40. The van der Waals surface area contributed by atoms with Crippen LogP contribution >= 0.6 is 11.6 Å². The van der Waals surface area contributed by atoms with Gasteiger partial charge in [0.05, 0.1) is 0 Å². The molecule has 0 amide bonds. The maximum Gasteiger partial charge on any atom is 0.155 e. The first-order valence-electron chi connectivity index (χ1n) is 3.91. The summed E-state index contributed by atoms with van der Waals surface area (Å²) in [6.07, 6.45) is 5.23. The molecule has 0 saturated heterocycles.